The normalized spacial score (nSPS) is 14.3. The molecule has 0 radical (unpaired) electrons. The van der Waals surface area contributed by atoms with Crippen LogP contribution in [0.1, 0.15) is 35.1 Å². The first-order valence-corrected chi connectivity index (χ1v) is 7.32. The number of rotatable bonds is 6. The molecule has 2 atom stereocenters. The van der Waals surface area contributed by atoms with E-state index >= 15 is 0 Å². The van der Waals surface area contributed by atoms with Gasteiger partial charge < -0.3 is 4.74 Å². The Morgan fingerprint density at radius 1 is 1.26 bits per heavy atom. The number of benzene rings is 1. The molecular formula is C15H20N2OS. The van der Waals surface area contributed by atoms with Crippen molar-refractivity contribution < 1.29 is 4.74 Å². The van der Waals surface area contributed by atoms with Gasteiger partial charge in [0.2, 0.25) is 0 Å². The van der Waals surface area contributed by atoms with Crippen molar-refractivity contribution >= 4 is 11.3 Å². The van der Waals surface area contributed by atoms with Crippen molar-refractivity contribution in [2.45, 2.75) is 26.0 Å². The number of nitrogens with one attached hydrogen (secondary N) is 1. The van der Waals surface area contributed by atoms with Gasteiger partial charge in [0.25, 0.3) is 0 Å². The summed E-state index contributed by atoms with van der Waals surface area (Å²) in [4.78, 5) is 1.23. The highest BCUT2D eigenvalue weighted by Crippen LogP contribution is 2.35. The lowest BCUT2D eigenvalue weighted by Crippen LogP contribution is -2.33. The monoisotopic (exact) mass is 276 g/mol. The SMILES string of the molecule is CCOC(c1ccccc1)C(NN)c1sccc1C. The lowest BCUT2D eigenvalue weighted by atomic mass is 9.99. The molecule has 0 spiro atoms. The highest BCUT2D eigenvalue weighted by molar-refractivity contribution is 7.10. The van der Waals surface area contributed by atoms with E-state index in [2.05, 4.69) is 35.9 Å². The molecular weight excluding hydrogens is 256 g/mol. The molecule has 0 aliphatic heterocycles. The lowest BCUT2D eigenvalue weighted by Gasteiger charge is -2.26. The number of hydrazine groups is 1. The fourth-order valence-corrected chi connectivity index (χ4v) is 3.22. The van der Waals surface area contributed by atoms with E-state index in [9.17, 15) is 0 Å². The second-order valence-electron chi connectivity index (χ2n) is 4.40. The van der Waals surface area contributed by atoms with Crippen LogP contribution in [0.4, 0.5) is 0 Å². The summed E-state index contributed by atoms with van der Waals surface area (Å²) < 4.78 is 5.92. The zero-order chi connectivity index (χ0) is 13.7. The van der Waals surface area contributed by atoms with Crippen molar-refractivity contribution in [3.8, 4) is 0 Å². The van der Waals surface area contributed by atoms with Gasteiger partial charge in [0.1, 0.15) is 6.10 Å². The van der Waals surface area contributed by atoms with Gasteiger partial charge in [-0.25, -0.2) is 5.43 Å². The second kappa shape index (κ2) is 6.82. The van der Waals surface area contributed by atoms with E-state index < -0.39 is 0 Å². The Morgan fingerprint density at radius 3 is 2.53 bits per heavy atom. The Kier molecular flexibility index (Phi) is 5.10. The van der Waals surface area contributed by atoms with Crippen molar-refractivity contribution in [3.63, 3.8) is 0 Å². The van der Waals surface area contributed by atoms with Crippen molar-refractivity contribution in [1.82, 2.24) is 5.43 Å². The third-order valence-corrected chi connectivity index (χ3v) is 4.24. The molecule has 2 rings (SSSR count). The number of hydrogen-bond acceptors (Lipinski definition) is 4. The molecule has 0 aliphatic carbocycles. The van der Waals surface area contributed by atoms with Gasteiger partial charge in [-0.2, -0.15) is 0 Å². The van der Waals surface area contributed by atoms with Crippen LogP contribution in [0.2, 0.25) is 0 Å². The van der Waals surface area contributed by atoms with Crippen LogP contribution in [0, 0.1) is 6.92 Å². The van der Waals surface area contributed by atoms with Gasteiger partial charge >= 0.3 is 0 Å². The molecule has 2 unspecified atom stereocenters. The third kappa shape index (κ3) is 3.22. The molecule has 0 aliphatic rings. The molecule has 1 heterocycles. The smallest absolute Gasteiger partial charge is 0.104 e. The first kappa shape index (κ1) is 14.2. The summed E-state index contributed by atoms with van der Waals surface area (Å²) >= 11 is 1.71. The molecule has 102 valence electrons. The van der Waals surface area contributed by atoms with Crippen molar-refractivity contribution in [3.05, 3.63) is 57.8 Å². The molecule has 3 N–H and O–H groups in total. The summed E-state index contributed by atoms with van der Waals surface area (Å²) in [6.07, 6.45) is -0.0754. The van der Waals surface area contributed by atoms with Crippen molar-refractivity contribution in [1.29, 1.82) is 0 Å². The van der Waals surface area contributed by atoms with E-state index in [1.807, 2.05) is 25.1 Å². The molecule has 2 aromatic rings. The standard InChI is InChI=1S/C15H20N2OS/c1-3-18-14(12-7-5-4-6-8-12)13(17-16)15-11(2)9-10-19-15/h4-10,13-14,17H,3,16H2,1-2H3. The second-order valence-corrected chi connectivity index (χ2v) is 5.35. The summed E-state index contributed by atoms with van der Waals surface area (Å²) in [7, 11) is 0. The molecule has 19 heavy (non-hydrogen) atoms. The highest BCUT2D eigenvalue weighted by atomic mass is 32.1. The zero-order valence-corrected chi connectivity index (χ0v) is 12.1. The van der Waals surface area contributed by atoms with Crippen LogP contribution in [-0.2, 0) is 4.74 Å². The number of nitrogens with two attached hydrogens (primary N) is 1. The summed E-state index contributed by atoms with van der Waals surface area (Å²) in [6.45, 7) is 4.76. The summed E-state index contributed by atoms with van der Waals surface area (Å²) in [5, 5.41) is 2.09. The van der Waals surface area contributed by atoms with Gasteiger partial charge in [-0.05, 0) is 36.4 Å². The molecule has 4 heteroatoms. The maximum absolute atomic E-state index is 5.92. The summed E-state index contributed by atoms with van der Waals surface area (Å²) in [5.74, 6) is 5.78. The van der Waals surface area contributed by atoms with Crippen LogP contribution >= 0.6 is 11.3 Å². The van der Waals surface area contributed by atoms with Gasteiger partial charge in [-0.1, -0.05) is 30.3 Å². The molecule has 1 aromatic heterocycles. The van der Waals surface area contributed by atoms with E-state index in [0.717, 1.165) is 5.56 Å². The summed E-state index contributed by atoms with van der Waals surface area (Å²) in [6, 6.07) is 12.3. The van der Waals surface area contributed by atoms with E-state index in [4.69, 9.17) is 10.6 Å². The maximum atomic E-state index is 5.92. The minimum atomic E-state index is -0.0754. The lowest BCUT2D eigenvalue weighted by molar-refractivity contribution is 0.0334. The first-order valence-electron chi connectivity index (χ1n) is 6.44. The molecule has 0 saturated carbocycles. The van der Waals surface area contributed by atoms with Crippen LogP contribution in [-0.4, -0.2) is 6.61 Å². The number of thiophene rings is 1. The molecule has 3 nitrogen and oxygen atoms in total. The van der Waals surface area contributed by atoms with Gasteiger partial charge in [0.15, 0.2) is 0 Å². The summed E-state index contributed by atoms with van der Waals surface area (Å²) in [5.41, 5.74) is 5.30. The Morgan fingerprint density at radius 2 is 2.00 bits per heavy atom. The fraction of sp³-hybridized carbons (Fsp3) is 0.333. The minimum absolute atomic E-state index is 0.0256. The Bertz CT molecular complexity index is 498. The fourth-order valence-electron chi connectivity index (χ4n) is 2.21. The Hall–Kier alpha value is -1.20. The quantitative estimate of drug-likeness (QED) is 0.628. The molecule has 1 aromatic carbocycles. The van der Waals surface area contributed by atoms with Gasteiger partial charge in [0.05, 0.1) is 6.04 Å². The van der Waals surface area contributed by atoms with Crippen LogP contribution in [0.15, 0.2) is 41.8 Å². The van der Waals surface area contributed by atoms with Gasteiger partial charge in [0, 0.05) is 11.5 Å². The van der Waals surface area contributed by atoms with E-state index in [1.165, 1.54) is 10.4 Å². The van der Waals surface area contributed by atoms with Crippen LogP contribution < -0.4 is 11.3 Å². The number of ether oxygens (including phenoxy) is 1. The predicted molar refractivity (Wildman–Crippen MR) is 79.9 cm³/mol. The molecule has 0 saturated heterocycles. The van der Waals surface area contributed by atoms with E-state index in [0.29, 0.717) is 6.61 Å². The molecule has 0 amide bonds. The first-order chi connectivity index (χ1) is 9.27. The van der Waals surface area contributed by atoms with Gasteiger partial charge in [-0.15, -0.1) is 11.3 Å². The topological polar surface area (TPSA) is 47.3 Å². The minimum Gasteiger partial charge on any atom is -0.372 e. The zero-order valence-electron chi connectivity index (χ0n) is 11.3. The van der Waals surface area contributed by atoms with Crippen LogP contribution in [0.3, 0.4) is 0 Å². The third-order valence-electron chi connectivity index (χ3n) is 3.14. The number of aryl methyl sites for hydroxylation is 1. The molecule has 0 bridgehead atoms. The maximum Gasteiger partial charge on any atom is 0.104 e. The average molecular weight is 276 g/mol. The molecule has 0 fully saturated rings. The predicted octanol–water partition coefficient (Wildman–Crippen LogP) is 3.34. The van der Waals surface area contributed by atoms with Crippen molar-refractivity contribution in [2.24, 2.45) is 5.84 Å². The van der Waals surface area contributed by atoms with Crippen LogP contribution in [0.5, 0.6) is 0 Å². The van der Waals surface area contributed by atoms with E-state index in [-0.39, 0.29) is 12.1 Å². The van der Waals surface area contributed by atoms with E-state index in [1.54, 1.807) is 11.3 Å². The van der Waals surface area contributed by atoms with Crippen LogP contribution in [0.25, 0.3) is 0 Å². The Balaban J connectivity index is 2.34. The van der Waals surface area contributed by atoms with Gasteiger partial charge in [-0.3, -0.25) is 5.84 Å². The average Bonchev–Trinajstić information content (AvgIpc) is 2.86. The number of hydrogen-bond donors (Lipinski definition) is 2. The largest absolute Gasteiger partial charge is 0.372 e. The van der Waals surface area contributed by atoms with Crippen molar-refractivity contribution in [2.75, 3.05) is 6.61 Å². The highest BCUT2D eigenvalue weighted by Gasteiger charge is 2.26. The Labute approximate surface area is 118 Å².